The number of carbonyl (C=O) groups is 2. The van der Waals surface area contributed by atoms with Crippen molar-refractivity contribution in [3.63, 3.8) is 0 Å². The molecule has 6 heteroatoms. The van der Waals surface area contributed by atoms with E-state index in [-0.39, 0.29) is 11.8 Å². The van der Waals surface area contributed by atoms with Gasteiger partial charge in [0.2, 0.25) is 5.91 Å². The summed E-state index contributed by atoms with van der Waals surface area (Å²) < 4.78 is 0. The third-order valence-electron chi connectivity index (χ3n) is 2.47. The SMILES string of the molecule is CC(=O)NCCNC(=O)c1ccc2nc[nH]c2c1. The van der Waals surface area contributed by atoms with E-state index in [0.29, 0.717) is 18.7 Å². The number of hydrogen-bond acceptors (Lipinski definition) is 3. The minimum atomic E-state index is -0.170. The zero-order chi connectivity index (χ0) is 13.0. The van der Waals surface area contributed by atoms with Crippen LogP contribution < -0.4 is 10.6 Å². The fourth-order valence-corrected chi connectivity index (χ4v) is 1.59. The summed E-state index contributed by atoms with van der Waals surface area (Å²) in [6.45, 7) is 2.26. The molecule has 94 valence electrons. The molecule has 0 aliphatic rings. The largest absolute Gasteiger partial charge is 0.355 e. The van der Waals surface area contributed by atoms with Gasteiger partial charge in [-0.1, -0.05) is 0 Å². The molecule has 1 heterocycles. The monoisotopic (exact) mass is 246 g/mol. The van der Waals surface area contributed by atoms with Crippen molar-refractivity contribution in [2.45, 2.75) is 6.92 Å². The Balaban J connectivity index is 1.93. The highest BCUT2D eigenvalue weighted by atomic mass is 16.2. The van der Waals surface area contributed by atoms with Gasteiger partial charge in [-0.05, 0) is 18.2 Å². The van der Waals surface area contributed by atoms with E-state index in [1.807, 2.05) is 0 Å². The Labute approximate surface area is 104 Å². The molecule has 0 fully saturated rings. The number of fused-ring (bicyclic) bond motifs is 1. The summed E-state index contributed by atoms with van der Waals surface area (Å²) >= 11 is 0. The Hall–Kier alpha value is -2.37. The van der Waals surface area contributed by atoms with Crippen LogP contribution in [0.4, 0.5) is 0 Å². The molecular formula is C12H14N4O2. The van der Waals surface area contributed by atoms with Crippen LogP contribution in [0, 0.1) is 0 Å². The van der Waals surface area contributed by atoms with Gasteiger partial charge in [0.1, 0.15) is 0 Å². The molecule has 0 aliphatic heterocycles. The van der Waals surface area contributed by atoms with Crippen molar-refractivity contribution < 1.29 is 9.59 Å². The number of imidazole rings is 1. The predicted octanol–water partition coefficient (Wildman–Crippen LogP) is 0.429. The Morgan fingerprint density at radius 3 is 2.83 bits per heavy atom. The van der Waals surface area contributed by atoms with Crippen molar-refractivity contribution in [2.75, 3.05) is 13.1 Å². The van der Waals surface area contributed by atoms with Gasteiger partial charge in [0.05, 0.1) is 17.4 Å². The Morgan fingerprint density at radius 2 is 2.06 bits per heavy atom. The molecular weight excluding hydrogens is 232 g/mol. The van der Waals surface area contributed by atoms with E-state index >= 15 is 0 Å². The highest BCUT2D eigenvalue weighted by Gasteiger charge is 2.06. The van der Waals surface area contributed by atoms with Crippen LogP contribution >= 0.6 is 0 Å². The van der Waals surface area contributed by atoms with Crippen LogP contribution in [0.25, 0.3) is 11.0 Å². The van der Waals surface area contributed by atoms with Gasteiger partial charge >= 0.3 is 0 Å². The second kappa shape index (κ2) is 5.31. The van der Waals surface area contributed by atoms with Crippen LogP contribution in [-0.4, -0.2) is 34.9 Å². The maximum absolute atomic E-state index is 11.8. The van der Waals surface area contributed by atoms with Gasteiger partial charge < -0.3 is 15.6 Å². The minimum absolute atomic E-state index is 0.108. The standard InChI is InChI=1S/C12H14N4O2/c1-8(17)13-4-5-14-12(18)9-2-3-10-11(6-9)16-7-15-10/h2-3,6-7H,4-5H2,1H3,(H,13,17)(H,14,18)(H,15,16). The van der Waals surface area contributed by atoms with Crippen LogP contribution in [0.2, 0.25) is 0 Å². The zero-order valence-corrected chi connectivity index (χ0v) is 9.99. The van der Waals surface area contributed by atoms with Gasteiger partial charge in [-0.25, -0.2) is 4.98 Å². The number of H-pyrrole nitrogens is 1. The van der Waals surface area contributed by atoms with E-state index in [1.54, 1.807) is 24.5 Å². The summed E-state index contributed by atoms with van der Waals surface area (Å²) in [7, 11) is 0. The quantitative estimate of drug-likeness (QED) is 0.684. The lowest BCUT2D eigenvalue weighted by molar-refractivity contribution is -0.118. The molecule has 0 saturated heterocycles. The molecule has 2 aromatic rings. The molecule has 0 unspecified atom stereocenters. The topological polar surface area (TPSA) is 86.9 Å². The first-order valence-corrected chi connectivity index (χ1v) is 5.62. The van der Waals surface area contributed by atoms with Crippen molar-refractivity contribution in [1.29, 1.82) is 0 Å². The average molecular weight is 246 g/mol. The van der Waals surface area contributed by atoms with Gasteiger partial charge in [-0.15, -0.1) is 0 Å². The normalized spacial score (nSPS) is 10.3. The second-order valence-corrected chi connectivity index (χ2v) is 3.87. The molecule has 0 atom stereocenters. The molecule has 6 nitrogen and oxygen atoms in total. The molecule has 0 radical (unpaired) electrons. The second-order valence-electron chi connectivity index (χ2n) is 3.87. The third kappa shape index (κ3) is 2.85. The van der Waals surface area contributed by atoms with E-state index in [4.69, 9.17) is 0 Å². The van der Waals surface area contributed by atoms with Gasteiger partial charge in [0.25, 0.3) is 5.91 Å². The van der Waals surface area contributed by atoms with Crippen LogP contribution in [0.3, 0.4) is 0 Å². The van der Waals surface area contributed by atoms with Crippen molar-refractivity contribution in [3.8, 4) is 0 Å². The smallest absolute Gasteiger partial charge is 0.251 e. The van der Waals surface area contributed by atoms with Gasteiger partial charge in [-0.2, -0.15) is 0 Å². The van der Waals surface area contributed by atoms with Gasteiger partial charge in [0, 0.05) is 25.6 Å². The zero-order valence-electron chi connectivity index (χ0n) is 9.99. The summed E-state index contributed by atoms with van der Waals surface area (Å²) in [5.41, 5.74) is 2.21. The van der Waals surface area contributed by atoms with Gasteiger partial charge in [-0.3, -0.25) is 9.59 Å². The number of amides is 2. The molecule has 3 N–H and O–H groups in total. The highest BCUT2D eigenvalue weighted by molar-refractivity contribution is 5.97. The van der Waals surface area contributed by atoms with Crippen LogP contribution in [0.5, 0.6) is 0 Å². The molecule has 2 amide bonds. The van der Waals surface area contributed by atoms with E-state index in [0.717, 1.165) is 11.0 Å². The lowest BCUT2D eigenvalue weighted by atomic mass is 10.2. The molecule has 0 bridgehead atoms. The van der Waals surface area contributed by atoms with Crippen molar-refractivity contribution in [3.05, 3.63) is 30.1 Å². The first-order valence-electron chi connectivity index (χ1n) is 5.62. The number of aromatic amines is 1. The molecule has 1 aromatic carbocycles. The minimum Gasteiger partial charge on any atom is -0.355 e. The fourth-order valence-electron chi connectivity index (χ4n) is 1.59. The molecule has 0 saturated carbocycles. The number of benzene rings is 1. The number of nitrogens with zero attached hydrogens (tertiary/aromatic N) is 1. The van der Waals surface area contributed by atoms with Crippen LogP contribution in [-0.2, 0) is 4.79 Å². The molecule has 0 spiro atoms. The summed E-state index contributed by atoms with van der Waals surface area (Å²) in [4.78, 5) is 29.5. The maximum atomic E-state index is 11.8. The van der Waals surface area contributed by atoms with Crippen molar-refractivity contribution >= 4 is 22.8 Å². The van der Waals surface area contributed by atoms with Gasteiger partial charge in [0.15, 0.2) is 0 Å². The predicted molar refractivity (Wildman–Crippen MR) is 67.1 cm³/mol. The maximum Gasteiger partial charge on any atom is 0.251 e. The first-order chi connectivity index (χ1) is 8.66. The Bertz CT molecular complexity index is 576. The van der Waals surface area contributed by atoms with Crippen molar-refractivity contribution in [1.82, 2.24) is 20.6 Å². The van der Waals surface area contributed by atoms with E-state index < -0.39 is 0 Å². The van der Waals surface area contributed by atoms with E-state index in [1.165, 1.54) is 6.92 Å². The molecule has 18 heavy (non-hydrogen) atoms. The summed E-state index contributed by atoms with van der Waals surface area (Å²) in [5.74, 6) is -0.278. The number of hydrogen-bond donors (Lipinski definition) is 3. The highest BCUT2D eigenvalue weighted by Crippen LogP contribution is 2.11. The fraction of sp³-hybridized carbons (Fsp3) is 0.250. The van der Waals surface area contributed by atoms with Crippen LogP contribution in [0.15, 0.2) is 24.5 Å². The van der Waals surface area contributed by atoms with Crippen LogP contribution in [0.1, 0.15) is 17.3 Å². The average Bonchev–Trinajstić information content (AvgIpc) is 2.81. The molecule has 1 aromatic heterocycles. The summed E-state index contributed by atoms with van der Waals surface area (Å²) in [6, 6.07) is 5.25. The lowest BCUT2D eigenvalue weighted by Gasteiger charge is -2.05. The Kier molecular flexibility index (Phi) is 3.57. The summed E-state index contributed by atoms with van der Waals surface area (Å²) in [5, 5.41) is 5.33. The Morgan fingerprint density at radius 1 is 1.28 bits per heavy atom. The van der Waals surface area contributed by atoms with E-state index in [2.05, 4.69) is 20.6 Å². The number of aromatic nitrogens is 2. The first kappa shape index (κ1) is 12.1. The number of carbonyl (C=O) groups excluding carboxylic acids is 2. The number of rotatable bonds is 4. The molecule has 2 rings (SSSR count). The molecule has 0 aliphatic carbocycles. The number of nitrogens with one attached hydrogen (secondary N) is 3. The van der Waals surface area contributed by atoms with E-state index in [9.17, 15) is 9.59 Å². The van der Waals surface area contributed by atoms with Crippen molar-refractivity contribution in [2.24, 2.45) is 0 Å². The lowest BCUT2D eigenvalue weighted by Crippen LogP contribution is -2.33. The third-order valence-corrected chi connectivity index (χ3v) is 2.47. The summed E-state index contributed by atoms with van der Waals surface area (Å²) in [6.07, 6.45) is 1.59.